The standard InChI is InChI=1S/C65H44N2O/c1-6-20-45(21-7-1)46-36-38-51(39-37-46)67(52-40-41-54-53-30-16-17-34-58(53)65(59(54)44-52,47-22-8-2-9-23-47)48-24-10-3-11-25-48)60-42-43-62-63-55(31-18-33-57(60)63)56-32-19-35-61(64(56)68-62)66(49-26-12-4-13-27-49)50-28-14-5-15-29-50/h1-44H. The summed E-state index contributed by atoms with van der Waals surface area (Å²) in [6.07, 6.45) is 0. The normalized spacial score (nSPS) is 12.6. The van der Waals surface area contributed by atoms with Crippen molar-refractivity contribution in [3.05, 3.63) is 289 Å². The Hall–Kier alpha value is -8.92. The van der Waals surface area contributed by atoms with E-state index in [9.17, 15) is 0 Å². The van der Waals surface area contributed by atoms with Gasteiger partial charge >= 0.3 is 0 Å². The molecule has 3 heteroatoms. The van der Waals surface area contributed by atoms with Crippen molar-refractivity contribution in [3.63, 3.8) is 0 Å². The van der Waals surface area contributed by atoms with E-state index in [1.54, 1.807) is 0 Å². The Labute approximate surface area is 397 Å². The minimum atomic E-state index is -0.546. The molecule has 13 rings (SSSR count). The second-order valence-corrected chi connectivity index (χ2v) is 17.6. The maximum absolute atomic E-state index is 7.18. The van der Waals surface area contributed by atoms with Gasteiger partial charge in [-0.3, -0.25) is 0 Å². The quantitative estimate of drug-likeness (QED) is 0.144. The van der Waals surface area contributed by atoms with Gasteiger partial charge in [-0.05, 0) is 117 Å². The molecule has 320 valence electrons. The van der Waals surface area contributed by atoms with Crippen molar-refractivity contribution in [2.24, 2.45) is 0 Å². The first kappa shape index (κ1) is 39.4. The first-order valence-corrected chi connectivity index (χ1v) is 23.3. The number of anilines is 6. The number of rotatable bonds is 9. The zero-order valence-electron chi connectivity index (χ0n) is 37.2. The van der Waals surface area contributed by atoms with Crippen LogP contribution < -0.4 is 14.5 Å². The van der Waals surface area contributed by atoms with E-state index in [0.29, 0.717) is 0 Å². The number of benzene rings is 11. The molecular formula is C65H44N2O. The summed E-state index contributed by atoms with van der Waals surface area (Å²) in [4.78, 5) is 4.73. The molecule has 0 aromatic heterocycles. The van der Waals surface area contributed by atoms with Crippen molar-refractivity contribution in [3.8, 4) is 44.9 Å². The Morgan fingerprint density at radius 3 is 1.49 bits per heavy atom. The van der Waals surface area contributed by atoms with Crippen LogP contribution >= 0.6 is 0 Å². The fourth-order valence-corrected chi connectivity index (χ4v) is 11.0. The molecular weight excluding hydrogens is 825 g/mol. The van der Waals surface area contributed by atoms with Crippen LogP contribution in [0.4, 0.5) is 34.1 Å². The number of hydrogen-bond donors (Lipinski definition) is 0. The Balaban J connectivity index is 1.03. The fraction of sp³-hybridized carbons (Fsp3) is 0.0154. The summed E-state index contributed by atoms with van der Waals surface area (Å²) in [5, 5.41) is 2.19. The van der Waals surface area contributed by atoms with Crippen molar-refractivity contribution in [1.29, 1.82) is 0 Å². The fourth-order valence-electron chi connectivity index (χ4n) is 11.0. The maximum Gasteiger partial charge on any atom is 0.159 e. The van der Waals surface area contributed by atoms with Crippen molar-refractivity contribution < 1.29 is 4.74 Å². The molecule has 0 fully saturated rings. The minimum Gasteiger partial charge on any atom is -0.454 e. The third kappa shape index (κ3) is 6.21. The molecule has 0 amide bonds. The molecule has 11 aromatic rings. The average molecular weight is 869 g/mol. The van der Waals surface area contributed by atoms with Crippen LogP contribution in [0.1, 0.15) is 22.3 Å². The van der Waals surface area contributed by atoms with E-state index in [2.05, 4.69) is 277 Å². The van der Waals surface area contributed by atoms with Crippen LogP contribution in [0.25, 0.3) is 44.2 Å². The zero-order valence-corrected chi connectivity index (χ0v) is 37.2. The monoisotopic (exact) mass is 868 g/mol. The lowest BCUT2D eigenvalue weighted by molar-refractivity contribution is 0.488. The molecule has 0 spiro atoms. The van der Waals surface area contributed by atoms with Crippen molar-refractivity contribution in [2.75, 3.05) is 9.80 Å². The SMILES string of the molecule is c1ccc(-c2ccc(N(c3ccc4c(c3)C(c3ccccc3)(c3ccccc3)c3ccccc3-4)c3ccc4c5c(cccc35)-c3cccc(N(c5ccccc5)c5ccccc5)c3O4)cc2)cc1. The molecule has 0 radical (unpaired) electrons. The topological polar surface area (TPSA) is 15.7 Å². The van der Waals surface area contributed by atoms with Gasteiger partial charge in [-0.25, -0.2) is 0 Å². The van der Waals surface area contributed by atoms with Gasteiger partial charge in [0.25, 0.3) is 0 Å². The number of ether oxygens (including phenoxy) is 1. The summed E-state index contributed by atoms with van der Waals surface area (Å²) in [5.41, 5.74) is 17.8. The molecule has 1 aliphatic carbocycles. The van der Waals surface area contributed by atoms with Crippen LogP contribution in [0.2, 0.25) is 0 Å². The van der Waals surface area contributed by atoms with Gasteiger partial charge < -0.3 is 14.5 Å². The molecule has 0 unspecified atom stereocenters. The first-order valence-electron chi connectivity index (χ1n) is 23.3. The lowest BCUT2D eigenvalue weighted by Gasteiger charge is -2.35. The van der Waals surface area contributed by atoms with E-state index in [0.717, 1.165) is 67.5 Å². The van der Waals surface area contributed by atoms with Gasteiger partial charge in [-0.2, -0.15) is 0 Å². The summed E-state index contributed by atoms with van der Waals surface area (Å²) in [7, 11) is 0. The lowest BCUT2D eigenvalue weighted by Crippen LogP contribution is -2.28. The number of nitrogens with zero attached hydrogens (tertiary/aromatic N) is 2. The van der Waals surface area contributed by atoms with E-state index >= 15 is 0 Å². The first-order chi connectivity index (χ1) is 33.8. The maximum atomic E-state index is 7.18. The van der Waals surface area contributed by atoms with Crippen LogP contribution in [-0.2, 0) is 5.41 Å². The van der Waals surface area contributed by atoms with Crippen LogP contribution in [0.3, 0.4) is 0 Å². The van der Waals surface area contributed by atoms with Crippen LogP contribution in [0.15, 0.2) is 267 Å². The Morgan fingerprint density at radius 2 is 0.809 bits per heavy atom. The van der Waals surface area contributed by atoms with Crippen molar-refractivity contribution in [2.45, 2.75) is 5.41 Å². The summed E-state index contributed by atoms with van der Waals surface area (Å²) in [6.45, 7) is 0. The van der Waals surface area contributed by atoms with E-state index in [4.69, 9.17) is 4.74 Å². The van der Waals surface area contributed by atoms with Crippen molar-refractivity contribution in [1.82, 2.24) is 0 Å². The van der Waals surface area contributed by atoms with Crippen molar-refractivity contribution >= 4 is 44.9 Å². The summed E-state index contributed by atoms with van der Waals surface area (Å²) in [6, 6.07) is 96.5. The smallest absolute Gasteiger partial charge is 0.159 e. The highest BCUT2D eigenvalue weighted by molar-refractivity contribution is 6.12. The van der Waals surface area contributed by atoms with Gasteiger partial charge in [-0.1, -0.05) is 200 Å². The zero-order chi connectivity index (χ0) is 45.0. The molecule has 0 saturated carbocycles. The second-order valence-electron chi connectivity index (χ2n) is 17.6. The number of para-hydroxylation sites is 3. The molecule has 68 heavy (non-hydrogen) atoms. The predicted octanol–water partition coefficient (Wildman–Crippen LogP) is 17.6. The molecule has 0 atom stereocenters. The number of hydrogen-bond acceptors (Lipinski definition) is 3. The average Bonchev–Trinajstić information content (AvgIpc) is 3.71. The van der Waals surface area contributed by atoms with Gasteiger partial charge in [0.15, 0.2) is 5.75 Å². The summed E-state index contributed by atoms with van der Waals surface area (Å²) < 4.78 is 7.18. The second kappa shape index (κ2) is 16.2. The Morgan fingerprint density at radius 1 is 0.309 bits per heavy atom. The highest BCUT2D eigenvalue weighted by Gasteiger charge is 2.46. The van der Waals surface area contributed by atoms with Gasteiger partial charge in [0.05, 0.1) is 16.8 Å². The highest BCUT2D eigenvalue weighted by atomic mass is 16.5. The Bertz CT molecular complexity index is 3550. The van der Waals surface area contributed by atoms with E-state index < -0.39 is 5.41 Å². The summed E-state index contributed by atoms with van der Waals surface area (Å²) in [5.74, 6) is 1.66. The van der Waals surface area contributed by atoms with Crippen LogP contribution in [0.5, 0.6) is 11.5 Å². The molecule has 11 aromatic carbocycles. The third-order valence-corrected chi connectivity index (χ3v) is 13.9. The molecule has 2 aliphatic rings. The highest BCUT2D eigenvalue weighted by Crippen LogP contribution is 2.59. The minimum absolute atomic E-state index is 0.546. The van der Waals surface area contributed by atoms with E-state index in [1.165, 1.54) is 44.5 Å². The molecule has 0 saturated heterocycles. The van der Waals surface area contributed by atoms with E-state index in [-0.39, 0.29) is 0 Å². The molecule has 0 N–H and O–H groups in total. The van der Waals surface area contributed by atoms with Gasteiger partial charge in [0.2, 0.25) is 0 Å². The third-order valence-electron chi connectivity index (χ3n) is 13.9. The van der Waals surface area contributed by atoms with E-state index in [1.807, 2.05) is 0 Å². The largest absolute Gasteiger partial charge is 0.454 e. The van der Waals surface area contributed by atoms with Gasteiger partial charge in [-0.15, -0.1) is 0 Å². The van der Waals surface area contributed by atoms with Crippen LogP contribution in [-0.4, -0.2) is 0 Å². The molecule has 1 heterocycles. The lowest BCUT2D eigenvalue weighted by atomic mass is 9.67. The number of fused-ring (bicyclic) bond motifs is 5. The van der Waals surface area contributed by atoms with Crippen LogP contribution in [0, 0.1) is 0 Å². The molecule has 1 aliphatic heterocycles. The van der Waals surface area contributed by atoms with Gasteiger partial charge in [0.1, 0.15) is 5.75 Å². The Kier molecular flexibility index (Phi) is 9.40. The molecule has 0 bridgehead atoms. The van der Waals surface area contributed by atoms with Gasteiger partial charge in [0, 0.05) is 39.1 Å². The summed E-state index contributed by atoms with van der Waals surface area (Å²) >= 11 is 0. The predicted molar refractivity (Wildman–Crippen MR) is 282 cm³/mol. The molecule has 3 nitrogen and oxygen atoms in total.